The van der Waals surface area contributed by atoms with Gasteiger partial charge in [0.25, 0.3) is 5.91 Å². The maximum absolute atomic E-state index is 13.1. The number of aliphatic hydroxyl groups excluding tert-OH is 1. The monoisotopic (exact) mass is 301 g/mol. The summed E-state index contributed by atoms with van der Waals surface area (Å²) in [6.07, 6.45) is 6.43. The van der Waals surface area contributed by atoms with Crippen molar-refractivity contribution in [2.75, 3.05) is 13.2 Å². The molecule has 1 amide bonds. The third-order valence-electron chi connectivity index (χ3n) is 4.49. The number of hydrogen-bond acceptors (Lipinski definition) is 3. The molecule has 0 bridgehead atoms. The van der Waals surface area contributed by atoms with Gasteiger partial charge in [-0.2, -0.15) is 0 Å². The van der Waals surface area contributed by atoms with Crippen molar-refractivity contribution in [2.24, 2.45) is 0 Å². The Morgan fingerprint density at radius 1 is 1.41 bits per heavy atom. The number of fused-ring (bicyclic) bond motifs is 1. The van der Waals surface area contributed by atoms with Crippen LogP contribution in [0.15, 0.2) is 24.4 Å². The van der Waals surface area contributed by atoms with Crippen LogP contribution in [0.1, 0.15) is 48.8 Å². The van der Waals surface area contributed by atoms with E-state index in [1.54, 1.807) is 0 Å². The number of imidazole rings is 1. The first-order valence-corrected chi connectivity index (χ1v) is 8.14. The molecule has 0 aliphatic carbocycles. The number of aryl methyl sites for hydroxylation is 1. The van der Waals surface area contributed by atoms with Gasteiger partial charge in [0.2, 0.25) is 0 Å². The molecule has 1 saturated heterocycles. The number of aromatic nitrogens is 2. The second-order valence-electron chi connectivity index (χ2n) is 5.85. The normalized spacial score (nSPS) is 18.8. The first kappa shape index (κ1) is 15.0. The van der Waals surface area contributed by atoms with Crippen LogP contribution in [-0.4, -0.2) is 44.5 Å². The molecule has 5 heteroatoms. The number of pyridine rings is 1. The van der Waals surface area contributed by atoms with Crippen molar-refractivity contribution in [1.82, 2.24) is 14.3 Å². The van der Waals surface area contributed by atoms with E-state index >= 15 is 0 Å². The zero-order valence-electron chi connectivity index (χ0n) is 13.0. The first-order chi connectivity index (χ1) is 10.8. The number of amides is 1. The van der Waals surface area contributed by atoms with Gasteiger partial charge in [-0.25, -0.2) is 4.98 Å². The number of piperidine rings is 1. The number of carbonyl (C=O) groups is 1. The van der Waals surface area contributed by atoms with Crippen LogP contribution in [0.2, 0.25) is 0 Å². The van der Waals surface area contributed by atoms with Crippen molar-refractivity contribution in [3.63, 3.8) is 0 Å². The molecular weight excluding hydrogens is 278 g/mol. The van der Waals surface area contributed by atoms with Crippen LogP contribution in [0.5, 0.6) is 0 Å². The van der Waals surface area contributed by atoms with Crippen molar-refractivity contribution in [3.05, 3.63) is 35.8 Å². The highest BCUT2D eigenvalue weighted by molar-refractivity contribution is 5.95. The zero-order chi connectivity index (χ0) is 15.5. The molecule has 1 atom stereocenters. The van der Waals surface area contributed by atoms with E-state index in [9.17, 15) is 9.90 Å². The first-order valence-electron chi connectivity index (χ1n) is 8.14. The molecular formula is C17H23N3O2. The van der Waals surface area contributed by atoms with E-state index in [0.717, 1.165) is 43.6 Å². The van der Waals surface area contributed by atoms with Crippen molar-refractivity contribution >= 4 is 11.6 Å². The van der Waals surface area contributed by atoms with E-state index in [1.807, 2.05) is 40.6 Å². The molecule has 5 nitrogen and oxygen atoms in total. The van der Waals surface area contributed by atoms with Gasteiger partial charge < -0.3 is 10.0 Å². The fourth-order valence-corrected chi connectivity index (χ4v) is 3.37. The summed E-state index contributed by atoms with van der Waals surface area (Å²) in [6, 6.07) is 5.93. The summed E-state index contributed by atoms with van der Waals surface area (Å²) >= 11 is 0. The molecule has 1 N–H and O–H groups in total. The predicted molar refractivity (Wildman–Crippen MR) is 84.9 cm³/mol. The van der Waals surface area contributed by atoms with Gasteiger partial charge in [-0.15, -0.1) is 0 Å². The lowest BCUT2D eigenvalue weighted by atomic mass is 9.99. The van der Waals surface area contributed by atoms with Crippen LogP contribution >= 0.6 is 0 Å². The molecule has 118 valence electrons. The molecule has 0 spiro atoms. The Hall–Kier alpha value is -1.88. The van der Waals surface area contributed by atoms with E-state index in [2.05, 4.69) is 4.98 Å². The smallest absolute Gasteiger partial charge is 0.273 e. The van der Waals surface area contributed by atoms with Gasteiger partial charge in [0.05, 0.1) is 5.69 Å². The number of hydrogen-bond donors (Lipinski definition) is 1. The van der Waals surface area contributed by atoms with Gasteiger partial charge >= 0.3 is 0 Å². The molecule has 0 radical (unpaired) electrons. The van der Waals surface area contributed by atoms with Gasteiger partial charge in [-0.1, -0.05) is 13.0 Å². The van der Waals surface area contributed by atoms with Crippen LogP contribution in [0.25, 0.3) is 5.65 Å². The minimum atomic E-state index is 0.0497. The second kappa shape index (κ2) is 6.48. The highest BCUT2D eigenvalue weighted by atomic mass is 16.3. The molecule has 1 fully saturated rings. The van der Waals surface area contributed by atoms with E-state index in [0.29, 0.717) is 12.1 Å². The van der Waals surface area contributed by atoms with Crippen LogP contribution in [0.4, 0.5) is 0 Å². The Morgan fingerprint density at radius 2 is 2.27 bits per heavy atom. The number of rotatable bonds is 4. The Labute approximate surface area is 130 Å². The van der Waals surface area contributed by atoms with Crippen LogP contribution in [-0.2, 0) is 6.42 Å². The average molecular weight is 301 g/mol. The predicted octanol–water partition coefficient (Wildman–Crippen LogP) is 2.27. The Morgan fingerprint density at radius 3 is 3.05 bits per heavy atom. The van der Waals surface area contributed by atoms with Crippen molar-refractivity contribution in [2.45, 2.75) is 45.1 Å². The Balaban J connectivity index is 2.00. The largest absolute Gasteiger partial charge is 0.396 e. The van der Waals surface area contributed by atoms with E-state index in [4.69, 9.17) is 0 Å². The maximum atomic E-state index is 13.1. The lowest BCUT2D eigenvalue weighted by Crippen LogP contribution is -2.44. The summed E-state index contributed by atoms with van der Waals surface area (Å²) in [6.45, 7) is 2.93. The van der Waals surface area contributed by atoms with Gasteiger partial charge in [-0.3, -0.25) is 9.20 Å². The number of aliphatic hydroxyl groups is 1. The Kier molecular flexibility index (Phi) is 4.43. The highest BCUT2D eigenvalue weighted by Gasteiger charge is 2.30. The number of likely N-dealkylation sites (tertiary alicyclic amines) is 1. The molecule has 1 aliphatic heterocycles. The standard InChI is InChI=1S/C17H23N3O2/c1-2-14-16(20-11-6-4-8-15(20)18-14)17(22)19-10-5-3-7-13(19)9-12-21/h4,6,8,11,13,21H,2-3,5,7,9-10,12H2,1H3. The summed E-state index contributed by atoms with van der Waals surface area (Å²) in [5, 5.41) is 9.27. The number of nitrogens with zero attached hydrogens (tertiary/aromatic N) is 3. The lowest BCUT2D eigenvalue weighted by molar-refractivity contribution is 0.0566. The molecule has 1 unspecified atom stereocenters. The quantitative estimate of drug-likeness (QED) is 0.942. The third kappa shape index (κ3) is 2.61. The van der Waals surface area contributed by atoms with Crippen molar-refractivity contribution in [3.8, 4) is 0 Å². The van der Waals surface area contributed by atoms with Crippen molar-refractivity contribution < 1.29 is 9.90 Å². The summed E-state index contributed by atoms with van der Waals surface area (Å²) < 4.78 is 1.89. The van der Waals surface area contributed by atoms with E-state index < -0.39 is 0 Å². The van der Waals surface area contributed by atoms with Gasteiger partial charge in [0, 0.05) is 25.4 Å². The average Bonchev–Trinajstić information content (AvgIpc) is 2.93. The van der Waals surface area contributed by atoms with Gasteiger partial charge in [0.15, 0.2) is 0 Å². The Bertz CT molecular complexity index is 663. The summed E-state index contributed by atoms with van der Waals surface area (Å²) in [5.41, 5.74) is 2.35. The van der Waals surface area contributed by atoms with Gasteiger partial charge in [0.1, 0.15) is 11.3 Å². The van der Waals surface area contributed by atoms with Crippen LogP contribution < -0.4 is 0 Å². The summed E-state index contributed by atoms with van der Waals surface area (Å²) in [4.78, 5) is 19.6. The topological polar surface area (TPSA) is 57.8 Å². The minimum Gasteiger partial charge on any atom is -0.396 e. The SMILES string of the molecule is CCc1nc2ccccn2c1C(=O)N1CCCCC1CCO. The summed E-state index contributed by atoms with van der Waals surface area (Å²) in [5.74, 6) is 0.0497. The molecule has 1 aliphatic rings. The van der Waals surface area contributed by atoms with E-state index in [-0.39, 0.29) is 18.6 Å². The number of carbonyl (C=O) groups excluding carboxylic acids is 1. The van der Waals surface area contributed by atoms with E-state index in [1.165, 1.54) is 0 Å². The minimum absolute atomic E-state index is 0.0497. The van der Waals surface area contributed by atoms with Crippen molar-refractivity contribution in [1.29, 1.82) is 0 Å². The summed E-state index contributed by atoms with van der Waals surface area (Å²) in [7, 11) is 0. The second-order valence-corrected chi connectivity index (χ2v) is 5.85. The van der Waals surface area contributed by atoms with Crippen LogP contribution in [0, 0.1) is 0 Å². The molecule has 22 heavy (non-hydrogen) atoms. The fourth-order valence-electron chi connectivity index (χ4n) is 3.37. The van der Waals surface area contributed by atoms with Crippen LogP contribution in [0.3, 0.4) is 0 Å². The van der Waals surface area contributed by atoms with Gasteiger partial charge in [-0.05, 0) is 44.2 Å². The molecule has 0 saturated carbocycles. The molecule has 3 heterocycles. The molecule has 3 rings (SSSR count). The highest BCUT2D eigenvalue weighted by Crippen LogP contribution is 2.24. The zero-order valence-corrected chi connectivity index (χ0v) is 13.0. The maximum Gasteiger partial charge on any atom is 0.273 e. The molecule has 2 aromatic rings. The molecule has 0 aromatic carbocycles. The fraction of sp³-hybridized carbons (Fsp3) is 0.529. The lowest BCUT2D eigenvalue weighted by Gasteiger charge is -2.35. The molecule has 2 aromatic heterocycles. The third-order valence-corrected chi connectivity index (χ3v) is 4.49.